The lowest BCUT2D eigenvalue weighted by Crippen LogP contribution is -2.12. The van der Waals surface area contributed by atoms with Gasteiger partial charge in [-0.2, -0.15) is 0 Å². The number of imidazole rings is 1. The highest BCUT2D eigenvalue weighted by molar-refractivity contribution is 6.29. The number of carbonyl (C=O) groups excluding carboxylic acids is 1. The second-order valence-electron chi connectivity index (χ2n) is 6.17. The predicted molar refractivity (Wildman–Crippen MR) is 110 cm³/mol. The van der Waals surface area contributed by atoms with Crippen LogP contribution in [-0.2, 0) is 6.61 Å². The summed E-state index contributed by atoms with van der Waals surface area (Å²) in [7, 11) is 1.56. The molecule has 0 fully saturated rings. The van der Waals surface area contributed by atoms with Gasteiger partial charge in [0.25, 0.3) is 5.91 Å². The van der Waals surface area contributed by atoms with E-state index >= 15 is 0 Å². The molecule has 1 N–H and O–H groups in total. The summed E-state index contributed by atoms with van der Waals surface area (Å²) in [5.41, 5.74) is 2.59. The van der Waals surface area contributed by atoms with Crippen LogP contribution in [0.15, 0.2) is 67.1 Å². The van der Waals surface area contributed by atoms with Crippen molar-refractivity contribution < 1.29 is 14.3 Å². The van der Waals surface area contributed by atoms with Crippen LogP contribution >= 0.6 is 11.6 Å². The minimum absolute atomic E-state index is 0.254. The van der Waals surface area contributed by atoms with Crippen molar-refractivity contribution in [3.8, 4) is 11.5 Å². The smallest absolute Gasteiger partial charge is 0.255 e. The van der Waals surface area contributed by atoms with E-state index in [4.69, 9.17) is 21.1 Å². The molecule has 29 heavy (non-hydrogen) atoms. The molecule has 0 unspecified atom stereocenters. The van der Waals surface area contributed by atoms with Gasteiger partial charge in [0, 0.05) is 35.9 Å². The third kappa shape index (κ3) is 4.30. The van der Waals surface area contributed by atoms with E-state index in [0.29, 0.717) is 22.7 Å². The minimum Gasteiger partial charge on any atom is -0.493 e. The first kappa shape index (κ1) is 18.8. The van der Waals surface area contributed by atoms with Gasteiger partial charge in [0.1, 0.15) is 17.4 Å². The summed E-state index contributed by atoms with van der Waals surface area (Å²) in [6.45, 7) is 0.259. The molecule has 8 heteroatoms. The maximum atomic E-state index is 12.4. The monoisotopic (exact) mass is 408 g/mol. The van der Waals surface area contributed by atoms with Crippen molar-refractivity contribution in [1.29, 1.82) is 0 Å². The summed E-state index contributed by atoms with van der Waals surface area (Å²) in [6, 6.07) is 14.0. The zero-order chi connectivity index (χ0) is 20.2. The first-order chi connectivity index (χ1) is 14.1. The van der Waals surface area contributed by atoms with E-state index in [2.05, 4.69) is 15.3 Å². The van der Waals surface area contributed by atoms with Crippen LogP contribution in [0.5, 0.6) is 11.5 Å². The number of anilines is 1. The van der Waals surface area contributed by atoms with Crippen LogP contribution in [0.1, 0.15) is 16.1 Å². The van der Waals surface area contributed by atoms with Gasteiger partial charge in [0.2, 0.25) is 0 Å². The van der Waals surface area contributed by atoms with Crippen molar-refractivity contribution in [2.24, 2.45) is 0 Å². The van der Waals surface area contributed by atoms with E-state index in [1.165, 1.54) is 12.3 Å². The highest BCUT2D eigenvalue weighted by Crippen LogP contribution is 2.31. The summed E-state index contributed by atoms with van der Waals surface area (Å²) in [4.78, 5) is 20.8. The number of halogens is 1. The third-order valence-corrected chi connectivity index (χ3v) is 4.41. The molecule has 146 valence electrons. The Morgan fingerprint density at radius 2 is 2.07 bits per heavy atom. The summed E-state index contributed by atoms with van der Waals surface area (Å²) >= 11 is 5.85. The molecule has 0 aliphatic heterocycles. The van der Waals surface area contributed by atoms with Gasteiger partial charge in [-0.25, -0.2) is 9.97 Å². The second kappa shape index (κ2) is 8.20. The highest BCUT2D eigenvalue weighted by Gasteiger charge is 2.11. The molecule has 1 amide bonds. The molecule has 0 atom stereocenters. The van der Waals surface area contributed by atoms with Crippen LogP contribution in [0.4, 0.5) is 5.69 Å². The van der Waals surface area contributed by atoms with Crippen molar-refractivity contribution in [1.82, 2.24) is 14.4 Å². The lowest BCUT2D eigenvalue weighted by Gasteiger charge is -2.12. The fourth-order valence-corrected chi connectivity index (χ4v) is 3.00. The molecular formula is C21H17ClN4O3. The number of hydrogen-bond donors (Lipinski definition) is 1. The van der Waals surface area contributed by atoms with E-state index in [-0.39, 0.29) is 17.7 Å². The molecule has 0 aliphatic carbocycles. The fourth-order valence-electron chi connectivity index (χ4n) is 2.82. The van der Waals surface area contributed by atoms with E-state index < -0.39 is 0 Å². The Kier molecular flexibility index (Phi) is 5.31. The number of ether oxygens (including phenoxy) is 2. The van der Waals surface area contributed by atoms with Gasteiger partial charge in [-0.15, -0.1) is 0 Å². The molecular weight excluding hydrogens is 392 g/mol. The molecule has 0 aliphatic rings. The number of rotatable bonds is 6. The van der Waals surface area contributed by atoms with Crippen LogP contribution in [-0.4, -0.2) is 27.4 Å². The first-order valence-electron chi connectivity index (χ1n) is 8.79. The summed E-state index contributed by atoms with van der Waals surface area (Å²) in [5.74, 6) is 0.750. The molecule has 4 aromatic rings. The van der Waals surface area contributed by atoms with E-state index in [9.17, 15) is 4.79 Å². The maximum absolute atomic E-state index is 12.4. The van der Waals surface area contributed by atoms with Gasteiger partial charge in [-0.05, 0) is 36.4 Å². The van der Waals surface area contributed by atoms with Gasteiger partial charge >= 0.3 is 0 Å². The SMILES string of the molecule is COc1ccc(NC(=O)c2ccnc(Cl)c2)cc1OCc1cn2ccccc2n1. The number of fused-ring (bicyclic) bond motifs is 1. The number of amides is 1. The molecule has 0 spiro atoms. The fraction of sp³-hybridized carbons (Fsp3) is 0.0952. The van der Waals surface area contributed by atoms with Crippen molar-refractivity contribution in [2.75, 3.05) is 12.4 Å². The summed E-state index contributed by atoms with van der Waals surface area (Å²) < 4.78 is 13.2. The molecule has 4 rings (SSSR count). The first-order valence-corrected chi connectivity index (χ1v) is 9.16. The molecule has 1 aromatic carbocycles. The molecule has 0 saturated carbocycles. The maximum Gasteiger partial charge on any atom is 0.255 e. The Morgan fingerprint density at radius 1 is 1.17 bits per heavy atom. The lowest BCUT2D eigenvalue weighted by atomic mass is 10.2. The molecule has 0 saturated heterocycles. The van der Waals surface area contributed by atoms with Crippen LogP contribution in [0, 0.1) is 0 Å². The number of aromatic nitrogens is 3. The average molecular weight is 409 g/mol. The second-order valence-corrected chi connectivity index (χ2v) is 6.56. The Bertz CT molecular complexity index is 1140. The Balaban J connectivity index is 1.51. The molecule has 3 heterocycles. The number of methoxy groups -OCH3 is 1. The Morgan fingerprint density at radius 3 is 2.86 bits per heavy atom. The number of hydrogen-bond acceptors (Lipinski definition) is 5. The van der Waals surface area contributed by atoms with E-state index in [0.717, 1.165) is 11.3 Å². The molecule has 3 aromatic heterocycles. The third-order valence-electron chi connectivity index (χ3n) is 4.20. The van der Waals surface area contributed by atoms with Gasteiger partial charge in [-0.3, -0.25) is 4.79 Å². The summed E-state index contributed by atoms with van der Waals surface area (Å²) in [5, 5.41) is 3.07. The highest BCUT2D eigenvalue weighted by atomic mass is 35.5. The van der Waals surface area contributed by atoms with Crippen molar-refractivity contribution >= 4 is 28.8 Å². The Hall–Kier alpha value is -3.58. The zero-order valence-corrected chi connectivity index (χ0v) is 16.3. The largest absolute Gasteiger partial charge is 0.493 e. The molecule has 0 radical (unpaired) electrons. The van der Waals surface area contributed by atoms with Crippen molar-refractivity contribution in [3.63, 3.8) is 0 Å². The number of nitrogens with zero attached hydrogens (tertiary/aromatic N) is 3. The van der Waals surface area contributed by atoms with Crippen molar-refractivity contribution in [2.45, 2.75) is 6.61 Å². The van der Waals surface area contributed by atoms with Gasteiger partial charge in [0.15, 0.2) is 11.5 Å². The van der Waals surface area contributed by atoms with Gasteiger partial charge < -0.3 is 19.2 Å². The van der Waals surface area contributed by atoms with E-state index in [1.54, 1.807) is 31.4 Å². The topological polar surface area (TPSA) is 77.8 Å². The predicted octanol–water partition coefficient (Wildman–Crippen LogP) is 4.22. The molecule has 0 bridgehead atoms. The van der Waals surface area contributed by atoms with Crippen molar-refractivity contribution in [3.05, 3.63) is 83.5 Å². The van der Waals surface area contributed by atoms with Crippen LogP contribution < -0.4 is 14.8 Å². The number of pyridine rings is 2. The lowest BCUT2D eigenvalue weighted by molar-refractivity contribution is 0.102. The summed E-state index contributed by atoms with van der Waals surface area (Å²) in [6.07, 6.45) is 5.31. The van der Waals surface area contributed by atoms with Crippen LogP contribution in [0.2, 0.25) is 5.15 Å². The standard InChI is InChI=1S/C21H17ClN4O3/c1-28-17-6-5-15(25-21(27)14-7-8-23-19(22)10-14)11-18(17)29-13-16-12-26-9-3-2-4-20(26)24-16/h2-12H,13H2,1H3,(H,25,27). The van der Waals surface area contributed by atoms with Crippen LogP contribution in [0.3, 0.4) is 0 Å². The molecule has 7 nitrogen and oxygen atoms in total. The van der Waals surface area contributed by atoms with Crippen LogP contribution in [0.25, 0.3) is 5.65 Å². The van der Waals surface area contributed by atoms with Gasteiger partial charge in [0.05, 0.1) is 12.8 Å². The zero-order valence-electron chi connectivity index (χ0n) is 15.5. The quantitative estimate of drug-likeness (QED) is 0.483. The number of carbonyl (C=O) groups is 1. The minimum atomic E-state index is -0.300. The van der Waals surface area contributed by atoms with Gasteiger partial charge in [-0.1, -0.05) is 17.7 Å². The Labute approximate surface area is 171 Å². The average Bonchev–Trinajstić information content (AvgIpc) is 3.15. The number of nitrogens with one attached hydrogen (secondary N) is 1. The van der Waals surface area contributed by atoms with E-state index in [1.807, 2.05) is 35.0 Å². The number of benzene rings is 1. The normalized spacial score (nSPS) is 10.7.